The van der Waals surface area contributed by atoms with E-state index in [4.69, 9.17) is 4.74 Å². The number of rotatable bonds is 6. The molecule has 5 rings (SSSR count). The Labute approximate surface area is 221 Å². The second-order valence-electron chi connectivity index (χ2n) is 9.96. The fourth-order valence-corrected chi connectivity index (χ4v) is 5.13. The van der Waals surface area contributed by atoms with Crippen LogP contribution in [0.5, 0.6) is 5.75 Å². The molecular weight excluding hydrogens is 490 g/mol. The minimum absolute atomic E-state index is 0.0751. The van der Waals surface area contributed by atoms with E-state index < -0.39 is 17.7 Å². The number of halogens is 2. The number of hydrogen-bond acceptors (Lipinski definition) is 7. The summed E-state index contributed by atoms with van der Waals surface area (Å²) in [5.41, 5.74) is 2.41. The number of aryl methyl sites for hydroxylation is 1. The maximum atomic E-state index is 14.8. The van der Waals surface area contributed by atoms with Crippen LogP contribution in [-0.4, -0.2) is 67.7 Å². The lowest BCUT2D eigenvalue weighted by Gasteiger charge is -2.29. The van der Waals surface area contributed by atoms with Gasteiger partial charge in [0, 0.05) is 35.8 Å². The maximum absolute atomic E-state index is 14.8. The number of nitrogens with one attached hydrogen (secondary N) is 2. The topological polar surface area (TPSA) is 81.6 Å². The molecule has 1 fully saturated rings. The molecule has 8 nitrogen and oxygen atoms in total. The van der Waals surface area contributed by atoms with Crippen LogP contribution in [0.15, 0.2) is 52.7 Å². The van der Waals surface area contributed by atoms with Crippen molar-refractivity contribution in [1.82, 2.24) is 15.1 Å². The fraction of sp³-hybridized carbons (Fsp3) is 0.393. The van der Waals surface area contributed by atoms with Gasteiger partial charge in [-0.3, -0.25) is 9.79 Å². The van der Waals surface area contributed by atoms with Gasteiger partial charge in [-0.25, -0.2) is 9.38 Å². The summed E-state index contributed by atoms with van der Waals surface area (Å²) >= 11 is 0. The third-order valence-electron chi connectivity index (χ3n) is 7.42. The number of ether oxygens (including phenoxy) is 1. The molecule has 0 aromatic heterocycles. The Kier molecular flexibility index (Phi) is 7.42. The predicted octanol–water partition coefficient (Wildman–Crippen LogP) is 4.10. The minimum Gasteiger partial charge on any atom is -0.494 e. The molecule has 2 aromatic rings. The van der Waals surface area contributed by atoms with Crippen LogP contribution in [0.2, 0.25) is 0 Å². The summed E-state index contributed by atoms with van der Waals surface area (Å²) in [5.74, 6) is -0.648. The van der Waals surface area contributed by atoms with Crippen LogP contribution >= 0.6 is 0 Å². The van der Waals surface area contributed by atoms with Gasteiger partial charge in [-0.2, -0.15) is 4.39 Å². The number of anilines is 1. The second-order valence-corrected chi connectivity index (χ2v) is 9.96. The van der Waals surface area contributed by atoms with Gasteiger partial charge in [0.1, 0.15) is 0 Å². The molecule has 3 aliphatic heterocycles. The summed E-state index contributed by atoms with van der Waals surface area (Å²) in [6, 6.07) is 7.95. The van der Waals surface area contributed by atoms with Crippen LogP contribution in [0.3, 0.4) is 0 Å². The number of benzene rings is 2. The number of carbonyl (C=O) groups excluding carboxylic acids is 1. The van der Waals surface area contributed by atoms with E-state index in [0.29, 0.717) is 29.7 Å². The van der Waals surface area contributed by atoms with Gasteiger partial charge in [0.15, 0.2) is 23.2 Å². The van der Waals surface area contributed by atoms with Crippen molar-refractivity contribution in [2.24, 2.45) is 15.9 Å². The average Bonchev–Trinajstić information content (AvgIpc) is 3.35. The number of hydrogen-bond donors (Lipinski definition) is 2. The summed E-state index contributed by atoms with van der Waals surface area (Å²) in [6.45, 7) is 4.96. The van der Waals surface area contributed by atoms with Crippen molar-refractivity contribution in [1.29, 1.82) is 0 Å². The van der Waals surface area contributed by atoms with Crippen molar-refractivity contribution < 1.29 is 18.3 Å². The molecular formula is C28H32F2N6O2. The predicted molar refractivity (Wildman–Crippen MR) is 144 cm³/mol. The molecule has 0 saturated carbocycles. The number of amides is 1. The molecule has 0 radical (unpaired) electrons. The van der Waals surface area contributed by atoms with Crippen LogP contribution in [0.4, 0.5) is 14.5 Å². The number of fused-ring (bicyclic) bond motifs is 1. The zero-order chi connectivity index (χ0) is 26.8. The van der Waals surface area contributed by atoms with E-state index in [1.54, 1.807) is 23.4 Å². The first-order valence-electron chi connectivity index (χ1n) is 12.8. The Morgan fingerprint density at radius 2 is 1.95 bits per heavy atom. The molecule has 1 saturated heterocycles. The number of likely N-dealkylation sites (tertiary alicyclic amines) is 1. The minimum atomic E-state index is -1.02. The molecule has 0 bridgehead atoms. The van der Waals surface area contributed by atoms with Crippen molar-refractivity contribution in [3.8, 4) is 5.75 Å². The van der Waals surface area contributed by atoms with Crippen LogP contribution in [0.25, 0.3) is 0 Å². The smallest absolute Gasteiger partial charge is 0.251 e. The standard InChI is InChI=1S/C28H32F2N6O2/c1-17-14-19(4-5-20(17)28(37)33-15-18-8-11-35(2)12-9-18)34-26-27-32-16-22(36(27)13-10-31-26)21-6-7-23(38-3)25(30)24(21)29/h4-7,10,13-14,18,22H,8-9,11-12,15-16H2,1-3H3,(H,31,34)(H,33,37). The first-order valence-corrected chi connectivity index (χ1v) is 12.8. The van der Waals surface area contributed by atoms with Gasteiger partial charge in [-0.15, -0.1) is 0 Å². The normalized spacial score (nSPS) is 19.6. The molecule has 1 amide bonds. The number of nitrogens with zero attached hydrogens (tertiary/aromatic N) is 4. The van der Waals surface area contributed by atoms with E-state index in [2.05, 4.69) is 32.6 Å². The summed E-state index contributed by atoms with van der Waals surface area (Å²) < 4.78 is 34.0. The molecule has 2 aromatic carbocycles. The Bertz CT molecular complexity index is 1320. The fourth-order valence-electron chi connectivity index (χ4n) is 5.13. The molecule has 0 spiro atoms. The number of piperidine rings is 1. The van der Waals surface area contributed by atoms with E-state index in [9.17, 15) is 13.6 Å². The van der Waals surface area contributed by atoms with Crippen molar-refractivity contribution in [3.63, 3.8) is 0 Å². The van der Waals surface area contributed by atoms with E-state index in [1.165, 1.54) is 19.2 Å². The van der Waals surface area contributed by atoms with Crippen molar-refractivity contribution >= 4 is 23.3 Å². The lowest BCUT2D eigenvalue weighted by Crippen LogP contribution is -2.37. The summed E-state index contributed by atoms with van der Waals surface area (Å²) in [6.07, 6.45) is 5.48. The Morgan fingerprint density at radius 3 is 2.68 bits per heavy atom. The number of amidine groups is 2. The Morgan fingerprint density at radius 1 is 1.16 bits per heavy atom. The molecule has 1 unspecified atom stereocenters. The molecule has 3 aliphatic rings. The summed E-state index contributed by atoms with van der Waals surface area (Å²) in [5, 5.41) is 6.36. The van der Waals surface area contributed by atoms with Gasteiger partial charge < -0.3 is 25.2 Å². The highest BCUT2D eigenvalue weighted by Gasteiger charge is 2.35. The average molecular weight is 523 g/mol. The lowest BCUT2D eigenvalue weighted by atomic mass is 9.97. The number of methoxy groups -OCH3 is 1. The molecule has 10 heteroatoms. The number of aliphatic imine (C=N–C) groups is 2. The van der Waals surface area contributed by atoms with E-state index in [1.807, 2.05) is 19.1 Å². The Hall–Kier alpha value is -3.79. The van der Waals surface area contributed by atoms with Crippen LogP contribution in [0.1, 0.15) is 40.4 Å². The van der Waals surface area contributed by atoms with Crippen molar-refractivity contribution in [2.45, 2.75) is 25.8 Å². The zero-order valence-electron chi connectivity index (χ0n) is 21.8. The van der Waals surface area contributed by atoms with Crippen LogP contribution in [0, 0.1) is 24.5 Å². The summed E-state index contributed by atoms with van der Waals surface area (Å²) in [7, 11) is 3.42. The van der Waals surface area contributed by atoms with Gasteiger partial charge in [0.05, 0.1) is 19.7 Å². The SMILES string of the molecule is COc1ccc(C2CN=C3C(Nc4ccc(C(=O)NCC5CCN(C)CC5)c(C)c4)=NC=CN32)c(F)c1F. The quantitative estimate of drug-likeness (QED) is 0.597. The molecule has 2 N–H and O–H groups in total. The lowest BCUT2D eigenvalue weighted by molar-refractivity contribution is 0.0938. The van der Waals surface area contributed by atoms with Crippen LogP contribution in [-0.2, 0) is 0 Å². The molecule has 38 heavy (non-hydrogen) atoms. The molecule has 200 valence electrons. The summed E-state index contributed by atoms with van der Waals surface area (Å²) in [4.78, 5) is 25.9. The van der Waals surface area contributed by atoms with Gasteiger partial charge in [0.2, 0.25) is 5.82 Å². The largest absolute Gasteiger partial charge is 0.494 e. The maximum Gasteiger partial charge on any atom is 0.251 e. The highest BCUT2D eigenvalue weighted by molar-refractivity contribution is 6.45. The highest BCUT2D eigenvalue weighted by Crippen LogP contribution is 2.34. The van der Waals surface area contributed by atoms with Crippen LogP contribution < -0.4 is 15.4 Å². The number of carbonyl (C=O) groups is 1. The first kappa shape index (κ1) is 25.8. The molecule has 3 heterocycles. The Balaban J connectivity index is 1.24. The van der Waals surface area contributed by atoms with E-state index in [0.717, 1.165) is 37.2 Å². The van der Waals surface area contributed by atoms with Gasteiger partial charge in [-0.1, -0.05) is 6.07 Å². The monoisotopic (exact) mass is 522 g/mol. The second kappa shape index (κ2) is 10.9. The van der Waals surface area contributed by atoms with Gasteiger partial charge in [0.25, 0.3) is 5.91 Å². The van der Waals surface area contributed by atoms with Gasteiger partial charge >= 0.3 is 0 Å². The van der Waals surface area contributed by atoms with Crippen molar-refractivity contribution in [3.05, 3.63) is 71.1 Å². The molecule has 0 aliphatic carbocycles. The highest BCUT2D eigenvalue weighted by atomic mass is 19.2. The van der Waals surface area contributed by atoms with Gasteiger partial charge in [-0.05, 0) is 75.6 Å². The van der Waals surface area contributed by atoms with E-state index in [-0.39, 0.29) is 23.8 Å². The third-order valence-corrected chi connectivity index (χ3v) is 7.42. The molecule has 1 atom stereocenters. The zero-order valence-corrected chi connectivity index (χ0v) is 21.8. The third kappa shape index (κ3) is 5.13. The van der Waals surface area contributed by atoms with E-state index >= 15 is 0 Å². The first-order chi connectivity index (χ1) is 18.4. The van der Waals surface area contributed by atoms with Crippen molar-refractivity contribution in [2.75, 3.05) is 45.7 Å².